The van der Waals surface area contributed by atoms with Crippen molar-refractivity contribution in [2.24, 2.45) is 5.92 Å². The van der Waals surface area contributed by atoms with Gasteiger partial charge in [0.25, 0.3) is 0 Å². The van der Waals surface area contributed by atoms with Crippen LogP contribution in [0.1, 0.15) is 62.8 Å². The van der Waals surface area contributed by atoms with Crippen molar-refractivity contribution < 1.29 is 9.18 Å². The van der Waals surface area contributed by atoms with Crippen molar-refractivity contribution in [2.75, 3.05) is 6.54 Å². The lowest BCUT2D eigenvalue weighted by Crippen LogP contribution is -2.32. The number of carbonyl (C=O) groups is 1. The molecule has 1 heterocycles. The Morgan fingerprint density at radius 1 is 1.00 bits per heavy atom. The van der Waals surface area contributed by atoms with Gasteiger partial charge < -0.3 is 9.88 Å². The molecule has 1 aromatic heterocycles. The Labute approximate surface area is 183 Å². The van der Waals surface area contributed by atoms with Gasteiger partial charge in [-0.05, 0) is 55.5 Å². The van der Waals surface area contributed by atoms with Gasteiger partial charge in [0.15, 0.2) is 0 Å². The number of carbonyl (C=O) groups excluding carboxylic acids is 1. The molecule has 1 saturated carbocycles. The predicted octanol–water partition coefficient (Wildman–Crippen LogP) is 5.63. The second-order valence-corrected chi connectivity index (χ2v) is 8.67. The molecule has 1 aliphatic rings. The first-order valence-corrected chi connectivity index (χ1v) is 11.7. The number of hydrogen-bond acceptors (Lipinski definition) is 2. The van der Waals surface area contributed by atoms with Crippen molar-refractivity contribution in [1.82, 2.24) is 14.9 Å². The lowest BCUT2D eigenvalue weighted by atomic mass is 9.89. The van der Waals surface area contributed by atoms with Crippen molar-refractivity contribution in [3.05, 3.63) is 65.7 Å². The molecule has 0 bridgehead atoms. The number of aromatic nitrogens is 2. The molecule has 2 aromatic carbocycles. The lowest BCUT2D eigenvalue weighted by molar-refractivity contribution is -0.125. The third-order valence-electron chi connectivity index (χ3n) is 6.34. The van der Waals surface area contributed by atoms with E-state index < -0.39 is 0 Å². The largest absolute Gasteiger partial charge is 0.356 e. The standard InChI is InChI=1S/C26H32FN3O/c27-22-16-14-20(15-17-22)19-30-24-12-7-6-11-23(24)29-25(30)13-5-2-8-18-28-26(31)21-9-3-1-4-10-21/h6-7,11-12,14-17,21H,1-5,8-10,13,18-19H2,(H,28,31). The molecule has 0 saturated heterocycles. The molecule has 1 aliphatic carbocycles. The highest BCUT2D eigenvalue weighted by molar-refractivity contribution is 5.78. The van der Waals surface area contributed by atoms with Crippen LogP contribution in [0.15, 0.2) is 48.5 Å². The van der Waals surface area contributed by atoms with Crippen LogP contribution in [0.4, 0.5) is 4.39 Å². The van der Waals surface area contributed by atoms with Crippen LogP contribution < -0.4 is 5.32 Å². The molecule has 0 aliphatic heterocycles. The molecule has 164 valence electrons. The van der Waals surface area contributed by atoms with Gasteiger partial charge in [0, 0.05) is 25.4 Å². The third-order valence-corrected chi connectivity index (χ3v) is 6.34. The number of imidazole rings is 1. The Balaban J connectivity index is 1.30. The van der Waals surface area contributed by atoms with E-state index in [2.05, 4.69) is 16.0 Å². The molecule has 1 amide bonds. The monoisotopic (exact) mass is 421 g/mol. The van der Waals surface area contributed by atoms with Gasteiger partial charge in [0.2, 0.25) is 5.91 Å². The number of unbranched alkanes of at least 4 members (excludes halogenated alkanes) is 2. The number of amides is 1. The summed E-state index contributed by atoms with van der Waals surface area (Å²) in [5.74, 6) is 1.34. The van der Waals surface area contributed by atoms with E-state index in [1.165, 1.54) is 31.4 Å². The molecule has 0 unspecified atom stereocenters. The summed E-state index contributed by atoms with van der Waals surface area (Å²) in [5, 5.41) is 3.13. The summed E-state index contributed by atoms with van der Waals surface area (Å²) in [6.07, 6.45) is 9.75. The maximum Gasteiger partial charge on any atom is 0.223 e. The topological polar surface area (TPSA) is 46.9 Å². The van der Waals surface area contributed by atoms with Crippen LogP contribution in [0.2, 0.25) is 0 Å². The summed E-state index contributed by atoms with van der Waals surface area (Å²) in [6.45, 7) is 1.45. The number of para-hydroxylation sites is 2. The molecule has 3 aromatic rings. The SMILES string of the molecule is O=C(NCCCCCc1nc2ccccc2n1Cc1ccc(F)cc1)C1CCCCC1. The first kappa shape index (κ1) is 21.5. The number of aryl methyl sites for hydroxylation is 1. The van der Waals surface area contributed by atoms with Gasteiger partial charge >= 0.3 is 0 Å². The van der Waals surface area contributed by atoms with Gasteiger partial charge in [-0.15, -0.1) is 0 Å². The van der Waals surface area contributed by atoms with Crippen molar-refractivity contribution in [3.8, 4) is 0 Å². The van der Waals surface area contributed by atoms with Gasteiger partial charge in [-0.25, -0.2) is 9.37 Å². The van der Waals surface area contributed by atoms with E-state index in [0.29, 0.717) is 6.54 Å². The van der Waals surface area contributed by atoms with Gasteiger partial charge in [0.1, 0.15) is 11.6 Å². The molecular formula is C26H32FN3O. The molecule has 1 fully saturated rings. The Hall–Kier alpha value is -2.69. The first-order valence-electron chi connectivity index (χ1n) is 11.7. The average Bonchev–Trinajstić information content (AvgIpc) is 3.15. The number of hydrogen-bond donors (Lipinski definition) is 1. The number of halogens is 1. The van der Waals surface area contributed by atoms with E-state index in [9.17, 15) is 9.18 Å². The second-order valence-electron chi connectivity index (χ2n) is 8.67. The second kappa shape index (κ2) is 10.6. The highest BCUT2D eigenvalue weighted by Crippen LogP contribution is 2.23. The van der Waals surface area contributed by atoms with E-state index >= 15 is 0 Å². The molecule has 0 spiro atoms. The van der Waals surface area contributed by atoms with E-state index in [4.69, 9.17) is 4.98 Å². The van der Waals surface area contributed by atoms with Crippen LogP contribution in [0, 0.1) is 11.7 Å². The number of nitrogens with zero attached hydrogens (tertiary/aromatic N) is 2. The van der Waals surface area contributed by atoms with Crippen LogP contribution in [-0.2, 0) is 17.8 Å². The fourth-order valence-corrected chi connectivity index (χ4v) is 4.57. The summed E-state index contributed by atoms with van der Waals surface area (Å²) in [5.41, 5.74) is 3.18. The Bertz CT molecular complexity index is 990. The smallest absolute Gasteiger partial charge is 0.223 e. The van der Waals surface area contributed by atoms with Crippen molar-refractivity contribution >= 4 is 16.9 Å². The fourth-order valence-electron chi connectivity index (χ4n) is 4.57. The molecule has 0 atom stereocenters. The Kier molecular flexibility index (Phi) is 7.34. The minimum absolute atomic E-state index is 0.213. The van der Waals surface area contributed by atoms with Gasteiger partial charge in [-0.1, -0.05) is 49.9 Å². The van der Waals surface area contributed by atoms with Crippen LogP contribution in [-0.4, -0.2) is 22.0 Å². The summed E-state index contributed by atoms with van der Waals surface area (Å²) in [6, 6.07) is 14.9. The zero-order valence-corrected chi connectivity index (χ0v) is 18.2. The minimum atomic E-state index is -0.213. The van der Waals surface area contributed by atoms with Gasteiger partial charge in [0.05, 0.1) is 11.0 Å². The summed E-state index contributed by atoms with van der Waals surface area (Å²) >= 11 is 0. The molecule has 0 radical (unpaired) electrons. The first-order chi connectivity index (χ1) is 15.2. The normalized spacial score (nSPS) is 14.7. The zero-order chi connectivity index (χ0) is 21.5. The van der Waals surface area contributed by atoms with Gasteiger partial charge in [-0.3, -0.25) is 4.79 Å². The van der Waals surface area contributed by atoms with E-state index in [0.717, 1.165) is 67.5 Å². The number of fused-ring (bicyclic) bond motifs is 1. The zero-order valence-electron chi connectivity index (χ0n) is 18.2. The van der Waals surface area contributed by atoms with Crippen LogP contribution in [0.25, 0.3) is 11.0 Å². The van der Waals surface area contributed by atoms with Gasteiger partial charge in [-0.2, -0.15) is 0 Å². The predicted molar refractivity (Wildman–Crippen MR) is 122 cm³/mol. The maximum atomic E-state index is 13.3. The highest BCUT2D eigenvalue weighted by Gasteiger charge is 2.20. The maximum absolute atomic E-state index is 13.3. The van der Waals surface area contributed by atoms with E-state index in [1.54, 1.807) is 0 Å². The molecule has 5 heteroatoms. The quantitative estimate of drug-likeness (QED) is 0.455. The Morgan fingerprint density at radius 2 is 1.77 bits per heavy atom. The van der Waals surface area contributed by atoms with E-state index in [-0.39, 0.29) is 17.6 Å². The molecule has 1 N–H and O–H groups in total. The minimum Gasteiger partial charge on any atom is -0.356 e. The summed E-state index contributed by atoms with van der Waals surface area (Å²) < 4.78 is 15.5. The molecular weight excluding hydrogens is 389 g/mol. The highest BCUT2D eigenvalue weighted by atomic mass is 19.1. The van der Waals surface area contributed by atoms with Crippen LogP contribution in [0.3, 0.4) is 0 Å². The summed E-state index contributed by atoms with van der Waals surface area (Å²) in [7, 11) is 0. The third kappa shape index (κ3) is 5.72. The van der Waals surface area contributed by atoms with Crippen molar-refractivity contribution in [1.29, 1.82) is 0 Å². The molecule has 4 nitrogen and oxygen atoms in total. The van der Waals surface area contributed by atoms with Crippen molar-refractivity contribution in [3.63, 3.8) is 0 Å². The number of benzene rings is 2. The summed E-state index contributed by atoms with van der Waals surface area (Å²) in [4.78, 5) is 17.1. The number of nitrogens with one attached hydrogen (secondary N) is 1. The number of rotatable bonds is 9. The fraction of sp³-hybridized carbons (Fsp3) is 0.462. The molecule has 31 heavy (non-hydrogen) atoms. The Morgan fingerprint density at radius 3 is 2.58 bits per heavy atom. The van der Waals surface area contributed by atoms with E-state index in [1.807, 2.05) is 30.3 Å². The van der Waals surface area contributed by atoms with Crippen LogP contribution >= 0.6 is 0 Å². The lowest BCUT2D eigenvalue weighted by Gasteiger charge is -2.20. The van der Waals surface area contributed by atoms with Crippen LogP contribution in [0.5, 0.6) is 0 Å². The molecule has 4 rings (SSSR count). The average molecular weight is 422 g/mol. The van der Waals surface area contributed by atoms with Crippen molar-refractivity contribution in [2.45, 2.75) is 64.3 Å².